The second-order valence-electron chi connectivity index (χ2n) is 9.10. The molecule has 0 spiro atoms. The van der Waals surface area contributed by atoms with Crippen molar-refractivity contribution in [2.75, 3.05) is 11.9 Å². The highest BCUT2D eigenvalue weighted by Gasteiger charge is 2.24. The fourth-order valence-corrected chi connectivity index (χ4v) is 4.64. The number of anilines is 1. The van der Waals surface area contributed by atoms with Gasteiger partial charge < -0.3 is 10.1 Å². The highest BCUT2D eigenvalue weighted by molar-refractivity contribution is 7.12. The first-order chi connectivity index (χ1) is 16.8. The molecular weight excluding hydrogens is 456 g/mol. The molecule has 0 radical (unpaired) electrons. The molecule has 6 heteroatoms. The topological polar surface area (TPSA) is 68.3 Å². The zero-order valence-electron chi connectivity index (χ0n) is 20.3. The summed E-state index contributed by atoms with van der Waals surface area (Å²) < 4.78 is 5.18. The number of nitrogens with one attached hydrogen (secondary N) is 1. The van der Waals surface area contributed by atoms with Gasteiger partial charge in [0.1, 0.15) is 0 Å². The Hall–Kier alpha value is -3.77. The summed E-state index contributed by atoms with van der Waals surface area (Å²) in [6.07, 6.45) is 0. The number of rotatable bonds is 6. The van der Waals surface area contributed by atoms with Gasteiger partial charge in [0.2, 0.25) is 0 Å². The van der Waals surface area contributed by atoms with E-state index < -0.39 is 5.97 Å². The van der Waals surface area contributed by atoms with E-state index in [-0.39, 0.29) is 17.9 Å². The largest absolute Gasteiger partial charge is 0.462 e. The van der Waals surface area contributed by atoms with Gasteiger partial charge >= 0.3 is 5.97 Å². The minimum atomic E-state index is -0.409. The predicted molar refractivity (Wildman–Crippen MR) is 142 cm³/mol. The Bertz CT molecular complexity index is 1350. The molecule has 0 atom stereocenters. The van der Waals surface area contributed by atoms with E-state index in [0.29, 0.717) is 21.8 Å². The molecule has 4 aromatic rings. The third-order valence-corrected chi connectivity index (χ3v) is 6.43. The molecule has 0 saturated heterocycles. The van der Waals surface area contributed by atoms with E-state index in [0.717, 1.165) is 22.4 Å². The predicted octanol–water partition coefficient (Wildman–Crippen LogP) is 7.20. The van der Waals surface area contributed by atoms with Crippen molar-refractivity contribution < 1.29 is 14.3 Å². The number of ether oxygens (including phenoxy) is 1. The molecule has 35 heavy (non-hydrogen) atoms. The molecule has 1 N–H and O–H groups in total. The lowest BCUT2D eigenvalue weighted by Crippen LogP contribution is -2.19. The van der Waals surface area contributed by atoms with Crippen molar-refractivity contribution in [3.05, 3.63) is 94.3 Å². The van der Waals surface area contributed by atoms with E-state index >= 15 is 0 Å². The van der Waals surface area contributed by atoms with Crippen LogP contribution in [0.25, 0.3) is 22.4 Å². The number of amides is 1. The first-order valence-electron chi connectivity index (χ1n) is 11.5. The number of thiazole rings is 1. The Kier molecular flexibility index (Phi) is 7.12. The molecular formula is C29H28N2O3S. The molecule has 0 aliphatic rings. The first kappa shape index (κ1) is 24.4. The number of carbonyl (C=O) groups is 2. The summed E-state index contributed by atoms with van der Waals surface area (Å²) in [5, 5.41) is 5.25. The summed E-state index contributed by atoms with van der Waals surface area (Å²) in [5.74, 6) is -0.697. The second kappa shape index (κ2) is 10.2. The van der Waals surface area contributed by atoms with Crippen LogP contribution in [0.4, 0.5) is 5.69 Å². The average Bonchev–Trinajstić information content (AvgIpc) is 3.35. The Balaban J connectivity index is 1.70. The highest BCUT2D eigenvalue weighted by Crippen LogP contribution is 2.38. The Labute approximate surface area is 209 Å². The fourth-order valence-electron chi connectivity index (χ4n) is 3.93. The third kappa shape index (κ3) is 5.33. The van der Waals surface area contributed by atoms with Gasteiger partial charge in [0, 0.05) is 16.5 Å². The molecule has 0 fully saturated rings. The minimum Gasteiger partial charge on any atom is -0.462 e. The molecule has 0 aliphatic carbocycles. The van der Waals surface area contributed by atoms with Gasteiger partial charge in [-0.2, -0.15) is 0 Å². The molecule has 1 heterocycles. The van der Waals surface area contributed by atoms with Crippen molar-refractivity contribution >= 4 is 28.9 Å². The number of hydrogen-bond acceptors (Lipinski definition) is 5. The summed E-state index contributed by atoms with van der Waals surface area (Å²) in [4.78, 5) is 30.4. The van der Waals surface area contributed by atoms with Crippen molar-refractivity contribution in [3.63, 3.8) is 0 Å². The molecule has 0 aliphatic heterocycles. The SMILES string of the molecule is CCOC(=O)c1ccccc1-c1csc(C(=O)Nc2c(-c3ccccc3)cccc2C(C)(C)C)n1. The van der Waals surface area contributed by atoms with Crippen LogP contribution in [0.5, 0.6) is 0 Å². The highest BCUT2D eigenvalue weighted by atomic mass is 32.1. The van der Waals surface area contributed by atoms with E-state index in [2.05, 4.69) is 31.1 Å². The number of benzene rings is 3. The van der Waals surface area contributed by atoms with E-state index in [1.54, 1.807) is 24.4 Å². The van der Waals surface area contributed by atoms with Crippen LogP contribution in [0.1, 0.15) is 53.4 Å². The monoisotopic (exact) mass is 484 g/mol. The van der Waals surface area contributed by atoms with Crippen molar-refractivity contribution in [1.29, 1.82) is 0 Å². The number of aromatic nitrogens is 1. The van der Waals surface area contributed by atoms with E-state index in [9.17, 15) is 9.59 Å². The van der Waals surface area contributed by atoms with Crippen LogP contribution < -0.4 is 5.32 Å². The molecule has 1 aromatic heterocycles. The van der Waals surface area contributed by atoms with Crippen LogP contribution in [0, 0.1) is 0 Å². The maximum atomic E-state index is 13.4. The number of nitrogens with zero attached hydrogens (tertiary/aromatic N) is 1. The van der Waals surface area contributed by atoms with Crippen LogP contribution >= 0.6 is 11.3 Å². The number of carbonyl (C=O) groups excluding carboxylic acids is 2. The van der Waals surface area contributed by atoms with E-state index in [1.165, 1.54) is 11.3 Å². The Morgan fingerprint density at radius 2 is 1.60 bits per heavy atom. The minimum absolute atomic E-state index is 0.181. The third-order valence-electron chi connectivity index (χ3n) is 5.59. The van der Waals surface area contributed by atoms with Gasteiger partial charge in [0.15, 0.2) is 5.01 Å². The van der Waals surface area contributed by atoms with Gasteiger partial charge in [-0.25, -0.2) is 9.78 Å². The van der Waals surface area contributed by atoms with Crippen LogP contribution in [0.3, 0.4) is 0 Å². The molecule has 0 bridgehead atoms. The van der Waals surface area contributed by atoms with Crippen LogP contribution in [-0.4, -0.2) is 23.5 Å². The van der Waals surface area contributed by atoms with Crippen molar-refractivity contribution in [2.45, 2.75) is 33.1 Å². The zero-order chi connectivity index (χ0) is 25.0. The maximum Gasteiger partial charge on any atom is 0.338 e. The summed E-state index contributed by atoms with van der Waals surface area (Å²) in [7, 11) is 0. The normalized spacial score (nSPS) is 11.2. The molecule has 3 aromatic carbocycles. The standard InChI is InChI=1S/C29H28N2O3S/c1-5-34-28(33)22-15-10-9-14-21(22)24-18-35-27(30-24)26(32)31-25-20(19-12-7-6-8-13-19)16-11-17-23(25)29(2,3)4/h6-18H,5H2,1-4H3,(H,31,32). The maximum absolute atomic E-state index is 13.4. The molecule has 178 valence electrons. The quantitative estimate of drug-likeness (QED) is 0.294. The van der Waals surface area contributed by atoms with Gasteiger partial charge in [-0.05, 0) is 29.5 Å². The van der Waals surface area contributed by atoms with Crippen LogP contribution in [-0.2, 0) is 10.2 Å². The number of esters is 1. The summed E-state index contributed by atoms with van der Waals surface area (Å²) in [6, 6.07) is 23.2. The van der Waals surface area contributed by atoms with Gasteiger partial charge in [-0.1, -0.05) is 87.5 Å². The molecule has 1 amide bonds. The Morgan fingerprint density at radius 1 is 0.914 bits per heavy atom. The molecule has 5 nitrogen and oxygen atoms in total. The van der Waals surface area contributed by atoms with Gasteiger partial charge in [0.05, 0.1) is 23.6 Å². The van der Waals surface area contributed by atoms with Crippen molar-refractivity contribution in [3.8, 4) is 22.4 Å². The lowest BCUT2D eigenvalue weighted by atomic mass is 9.83. The summed E-state index contributed by atoms with van der Waals surface area (Å²) in [6.45, 7) is 8.43. The Morgan fingerprint density at radius 3 is 2.31 bits per heavy atom. The summed E-state index contributed by atoms with van der Waals surface area (Å²) in [5.41, 5.74) is 5.25. The van der Waals surface area contributed by atoms with Crippen molar-refractivity contribution in [2.24, 2.45) is 0 Å². The number of hydrogen-bond donors (Lipinski definition) is 1. The lowest BCUT2D eigenvalue weighted by molar-refractivity contribution is 0.0527. The first-order valence-corrected chi connectivity index (χ1v) is 12.4. The molecule has 0 unspecified atom stereocenters. The van der Waals surface area contributed by atoms with Crippen LogP contribution in [0.2, 0.25) is 0 Å². The number of para-hydroxylation sites is 1. The summed E-state index contributed by atoms with van der Waals surface area (Å²) >= 11 is 1.25. The average molecular weight is 485 g/mol. The molecule has 0 saturated carbocycles. The molecule has 4 rings (SSSR count). The van der Waals surface area contributed by atoms with Gasteiger partial charge in [-0.3, -0.25) is 4.79 Å². The van der Waals surface area contributed by atoms with Crippen LogP contribution in [0.15, 0.2) is 78.2 Å². The zero-order valence-corrected chi connectivity index (χ0v) is 21.1. The van der Waals surface area contributed by atoms with Crippen molar-refractivity contribution in [1.82, 2.24) is 4.98 Å². The van der Waals surface area contributed by atoms with Gasteiger partial charge in [0.25, 0.3) is 5.91 Å². The fraction of sp³-hybridized carbons (Fsp3) is 0.207. The second-order valence-corrected chi connectivity index (χ2v) is 9.96. The lowest BCUT2D eigenvalue weighted by Gasteiger charge is -2.25. The van der Waals surface area contributed by atoms with E-state index in [1.807, 2.05) is 60.7 Å². The van der Waals surface area contributed by atoms with E-state index in [4.69, 9.17) is 4.74 Å². The van der Waals surface area contributed by atoms with Gasteiger partial charge in [-0.15, -0.1) is 11.3 Å². The smallest absolute Gasteiger partial charge is 0.338 e.